The van der Waals surface area contributed by atoms with Crippen molar-refractivity contribution in [3.05, 3.63) is 28.6 Å². The van der Waals surface area contributed by atoms with E-state index >= 15 is 0 Å². The molecule has 0 amide bonds. The van der Waals surface area contributed by atoms with Gasteiger partial charge >= 0.3 is 5.69 Å². The smallest absolute Gasteiger partial charge is 0.244 e. The Bertz CT molecular complexity index is 565. The summed E-state index contributed by atoms with van der Waals surface area (Å²) in [7, 11) is 0. The Morgan fingerprint density at radius 1 is 1.25 bits per heavy atom. The number of fused-ring (bicyclic) bond motifs is 1. The Morgan fingerprint density at radius 2 is 1.94 bits per heavy atom. The van der Waals surface area contributed by atoms with Crippen molar-refractivity contribution in [2.24, 2.45) is 0 Å². The maximum absolute atomic E-state index is 11.7. The molecule has 0 aliphatic rings. The van der Waals surface area contributed by atoms with Gasteiger partial charge in [-0.1, -0.05) is 13.8 Å². The molecule has 0 spiro atoms. The second-order valence-electron chi connectivity index (χ2n) is 4.50. The van der Waals surface area contributed by atoms with E-state index in [1.165, 1.54) is 0 Å². The summed E-state index contributed by atoms with van der Waals surface area (Å²) in [6.45, 7) is 8.03. The lowest BCUT2D eigenvalue weighted by atomic mass is 10.1. The zero-order valence-electron chi connectivity index (χ0n) is 10.0. The molecule has 0 bridgehead atoms. The third-order valence-electron chi connectivity index (χ3n) is 2.55. The normalized spacial score (nSPS) is 11.9. The predicted molar refractivity (Wildman–Crippen MR) is 61.7 cm³/mol. The van der Waals surface area contributed by atoms with Crippen LogP contribution in [0, 0.1) is 0 Å². The molecule has 0 saturated carbocycles. The molecule has 16 heavy (non-hydrogen) atoms. The van der Waals surface area contributed by atoms with Crippen LogP contribution < -0.4 is 5.69 Å². The quantitative estimate of drug-likeness (QED) is 0.772. The van der Waals surface area contributed by atoms with E-state index in [2.05, 4.69) is 23.8 Å². The van der Waals surface area contributed by atoms with Crippen LogP contribution in [0.25, 0.3) is 5.65 Å². The highest BCUT2D eigenvalue weighted by Gasteiger charge is 2.11. The summed E-state index contributed by atoms with van der Waals surface area (Å²) < 4.78 is 3.30. The molecule has 0 aromatic carbocycles. The van der Waals surface area contributed by atoms with Crippen molar-refractivity contribution in [3.8, 4) is 0 Å². The van der Waals surface area contributed by atoms with Gasteiger partial charge in [0.2, 0.25) is 0 Å². The van der Waals surface area contributed by atoms with Gasteiger partial charge in [-0.25, -0.2) is 19.0 Å². The van der Waals surface area contributed by atoms with Crippen LogP contribution in [-0.2, 0) is 0 Å². The average molecular weight is 220 g/mol. The van der Waals surface area contributed by atoms with E-state index < -0.39 is 0 Å². The molecule has 0 aliphatic heterocycles. The summed E-state index contributed by atoms with van der Waals surface area (Å²) in [6.07, 6.45) is 1.67. The van der Waals surface area contributed by atoms with Gasteiger partial charge in [-0.15, -0.1) is 0 Å². The average Bonchev–Trinajstić information content (AvgIpc) is 2.51. The fourth-order valence-corrected chi connectivity index (χ4v) is 1.69. The van der Waals surface area contributed by atoms with E-state index in [0.29, 0.717) is 11.6 Å². The van der Waals surface area contributed by atoms with Crippen molar-refractivity contribution >= 4 is 5.65 Å². The van der Waals surface area contributed by atoms with Gasteiger partial charge in [0.05, 0.1) is 6.04 Å². The van der Waals surface area contributed by atoms with E-state index in [1.54, 1.807) is 15.5 Å². The minimum absolute atomic E-state index is 0.0780. The van der Waals surface area contributed by atoms with Gasteiger partial charge in [0.1, 0.15) is 6.33 Å². The largest absolute Gasteiger partial charge is 0.365 e. The number of rotatable bonds is 2. The Balaban J connectivity index is 2.70. The molecule has 2 rings (SSSR count). The lowest BCUT2D eigenvalue weighted by molar-refractivity contribution is 0.482. The van der Waals surface area contributed by atoms with Gasteiger partial charge in [-0.05, 0) is 19.8 Å². The minimum atomic E-state index is -0.224. The van der Waals surface area contributed by atoms with E-state index in [-0.39, 0.29) is 11.7 Å². The minimum Gasteiger partial charge on any atom is -0.244 e. The summed E-state index contributed by atoms with van der Waals surface area (Å²) in [5.41, 5.74) is 1.39. The molecule has 0 radical (unpaired) electrons. The highest BCUT2D eigenvalue weighted by molar-refractivity contribution is 5.37. The zero-order valence-corrected chi connectivity index (χ0v) is 10.0. The lowest BCUT2D eigenvalue weighted by Crippen LogP contribution is -2.22. The van der Waals surface area contributed by atoms with Crippen LogP contribution in [0.2, 0.25) is 0 Å². The second kappa shape index (κ2) is 3.73. The number of nitrogens with zero attached hydrogens (tertiary/aromatic N) is 4. The maximum atomic E-state index is 11.7. The topological polar surface area (TPSA) is 52.2 Å². The standard InChI is InChI=1S/C11H16N4O/c1-7(2)9-5-10-13-11(16)15(8(3)4)14(10)6-12-9/h5-8H,1-4H3. The van der Waals surface area contributed by atoms with Crippen molar-refractivity contribution in [1.29, 1.82) is 0 Å². The van der Waals surface area contributed by atoms with Gasteiger partial charge in [-0.2, -0.15) is 4.98 Å². The van der Waals surface area contributed by atoms with Gasteiger partial charge in [0, 0.05) is 11.8 Å². The van der Waals surface area contributed by atoms with E-state index in [4.69, 9.17) is 0 Å². The van der Waals surface area contributed by atoms with Crippen molar-refractivity contribution in [3.63, 3.8) is 0 Å². The Kier molecular flexibility index (Phi) is 2.53. The number of hydrogen-bond acceptors (Lipinski definition) is 3. The molecule has 2 aromatic heterocycles. The van der Waals surface area contributed by atoms with Gasteiger partial charge < -0.3 is 0 Å². The summed E-state index contributed by atoms with van der Waals surface area (Å²) in [5.74, 6) is 0.337. The molecule has 0 saturated heterocycles. The number of hydrogen-bond donors (Lipinski definition) is 0. The third kappa shape index (κ3) is 1.62. The van der Waals surface area contributed by atoms with Crippen LogP contribution in [-0.4, -0.2) is 19.2 Å². The van der Waals surface area contributed by atoms with Crippen LogP contribution in [0.15, 0.2) is 17.2 Å². The summed E-state index contributed by atoms with van der Waals surface area (Å²) >= 11 is 0. The van der Waals surface area contributed by atoms with Crippen LogP contribution in [0.5, 0.6) is 0 Å². The van der Waals surface area contributed by atoms with E-state index in [1.807, 2.05) is 19.9 Å². The van der Waals surface area contributed by atoms with Gasteiger partial charge in [0.15, 0.2) is 5.65 Å². The van der Waals surface area contributed by atoms with E-state index in [9.17, 15) is 4.79 Å². The highest BCUT2D eigenvalue weighted by atomic mass is 16.2. The Hall–Kier alpha value is -1.65. The molecular weight excluding hydrogens is 204 g/mol. The third-order valence-corrected chi connectivity index (χ3v) is 2.55. The molecule has 0 aliphatic carbocycles. The Labute approximate surface area is 93.7 Å². The zero-order chi connectivity index (χ0) is 11.9. The molecule has 2 aromatic rings. The first-order chi connectivity index (χ1) is 7.50. The predicted octanol–water partition coefficient (Wildman–Crippen LogP) is 1.60. The van der Waals surface area contributed by atoms with Gasteiger partial charge in [-0.3, -0.25) is 0 Å². The molecular formula is C11H16N4O. The molecule has 0 fully saturated rings. The second-order valence-corrected chi connectivity index (χ2v) is 4.50. The molecule has 86 valence electrons. The highest BCUT2D eigenvalue weighted by Crippen LogP contribution is 2.12. The van der Waals surface area contributed by atoms with Crippen molar-refractivity contribution in [1.82, 2.24) is 19.2 Å². The molecule has 5 heteroatoms. The van der Waals surface area contributed by atoms with Crippen LogP contribution in [0.3, 0.4) is 0 Å². The number of aromatic nitrogens is 4. The first-order valence-electron chi connectivity index (χ1n) is 5.47. The maximum Gasteiger partial charge on any atom is 0.365 e. The van der Waals surface area contributed by atoms with Crippen LogP contribution in [0.4, 0.5) is 0 Å². The summed E-state index contributed by atoms with van der Waals surface area (Å²) in [6, 6.07) is 1.94. The lowest BCUT2D eigenvalue weighted by Gasteiger charge is -2.09. The molecule has 2 heterocycles. The van der Waals surface area contributed by atoms with Gasteiger partial charge in [0.25, 0.3) is 0 Å². The fraction of sp³-hybridized carbons (Fsp3) is 0.545. The monoisotopic (exact) mass is 220 g/mol. The van der Waals surface area contributed by atoms with Crippen molar-refractivity contribution < 1.29 is 0 Å². The molecule has 0 unspecified atom stereocenters. The van der Waals surface area contributed by atoms with E-state index in [0.717, 1.165) is 5.69 Å². The molecule has 5 nitrogen and oxygen atoms in total. The SMILES string of the molecule is CC(C)c1cc2nc(=O)n(C(C)C)n2cn1. The van der Waals surface area contributed by atoms with Crippen molar-refractivity contribution in [2.45, 2.75) is 39.7 Å². The first kappa shape index (κ1) is 10.9. The van der Waals surface area contributed by atoms with Crippen molar-refractivity contribution in [2.75, 3.05) is 0 Å². The summed E-state index contributed by atoms with van der Waals surface area (Å²) in [5, 5.41) is 0. The molecule has 0 N–H and O–H groups in total. The van der Waals surface area contributed by atoms with Crippen LogP contribution in [0.1, 0.15) is 45.3 Å². The molecule has 0 atom stereocenters. The summed E-state index contributed by atoms with van der Waals surface area (Å²) in [4.78, 5) is 20.0. The van der Waals surface area contributed by atoms with Crippen LogP contribution >= 0.6 is 0 Å². The fourth-order valence-electron chi connectivity index (χ4n) is 1.69. The Morgan fingerprint density at radius 3 is 2.50 bits per heavy atom. The first-order valence-corrected chi connectivity index (χ1v) is 5.47.